The van der Waals surface area contributed by atoms with E-state index in [1.165, 1.54) is 17.0 Å². The van der Waals surface area contributed by atoms with Crippen molar-refractivity contribution in [2.45, 2.75) is 26.2 Å². The van der Waals surface area contributed by atoms with E-state index in [1.54, 1.807) is 44.4 Å². The minimum Gasteiger partial charge on any atom is -0.422 e. The molecule has 0 N–H and O–H groups in total. The molecule has 0 aliphatic carbocycles. The topological polar surface area (TPSA) is 59.8 Å². The summed E-state index contributed by atoms with van der Waals surface area (Å²) in [6.07, 6.45) is 1.41. The van der Waals surface area contributed by atoms with Crippen molar-refractivity contribution in [3.05, 3.63) is 75.4 Å². The van der Waals surface area contributed by atoms with E-state index in [4.69, 9.17) is 9.15 Å². The van der Waals surface area contributed by atoms with Crippen LogP contribution in [-0.2, 0) is 12.8 Å². The van der Waals surface area contributed by atoms with E-state index in [9.17, 15) is 14.0 Å². The Labute approximate surface area is 162 Å². The second kappa shape index (κ2) is 8.25. The van der Waals surface area contributed by atoms with E-state index in [2.05, 4.69) is 0 Å². The number of benzene rings is 2. The minimum atomic E-state index is -0.511. The summed E-state index contributed by atoms with van der Waals surface area (Å²) in [6.45, 7) is 2.04. The Kier molecular flexibility index (Phi) is 5.78. The first-order valence-electron chi connectivity index (χ1n) is 9.11. The number of carbonyl (C=O) groups is 1. The Bertz CT molecular complexity index is 1050. The Balaban J connectivity index is 2.05. The Hall–Kier alpha value is -3.15. The molecule has 0 saturated carbocycles. The number of amides is 1. The molecule has 3 rings (SSSR count). The van der Waals surface area contributed by atoms with Gasteiger partial charge in [0.2, 0.25) is 0 Å². The molecule has 0 aliphatic rings. The molecule has 0 spiro atoms. The molecular formula is C22H22FNO4. The quantitative estimate of drug-likeness (QED) is 0.607. The summed E-state index contributed by atoms with van der Waals surface area (Å²) in [5.41, 5.74) is 2.25. The number of halogens is 1. The first-order chi connectivity index (χ1) is 13.4. The molecular weight excluding hydrogens is 361 g/mol. The highest BCUT2D eigenvalue weighted by atomic mass is 19.1. The van der Waals surface area contributed by atoms with Gasteiger partial charge >= 0.3 is 11.7 Å². The first-order valence-corrected chi connectivity index (χ1v) is 9.11. The van der Waals surface area contributed by atoms with Crippen LogP contribution in [0.15, 0.2) is 51.7 Å². The van der Waals surface area contributed by atoms with Crippen LogP contribution < -0.4 is 10.4 Å². The molecule has 0 atom stereocenters. The molecule has 1 aromatic heterocycles. The van der Waals surface area contributed by atoms with E-state index in [1.807, 2.05) is 6.92 Å². The average Bonchev–Trinajstić information content (AvgIpc) is 2.66. The third-order valence-corrected chi connectivity index (χ3v) is 4.46. The van der Waals surface area contributed by atoms with Gasteiger partial charge in [0, 0.05) is 37.5 Å². The maximum absolute atomic E-state index is 13.2. The van der Waals surface area contributed by atoms with Gasteiger partial charge < -0.3 is 14.1 Å². The lowest BCUT2D eigenvalue weighted by atomic mass is 9.95. The van der Waals surface area contributed by atoms with Gasteiger partial charge in [-0.2, -0.15) is 0 Å². The summed E-state index contributed by atoms with van der Waals surface area (Å²) in [6, 6.07) is 11.1. The highest BCUT2D eigenvalue weighted by Gasteiger charge is 2.16. The van der Waals surface area contributed by atoms with Gasteiger partial charge in [0.1, 0.15) is 17.1 Å². The minimum absolute atomic E-state index is 0.308. The summed E-state index contributed by atoms with van der Waals surface area (Å²) in [5, 5.41) is 0.809. The van der Waals surface area contributed by atoms with Crippen molar-refractivity contribution in [1.29, 1.82) is 0 Å². The molecule has 5 nitrogen and oxygen atoms in total. The van der Waals surface area contributed by atoms with Crippen LogP contribution in [0.1, 0.15) is 30.0 Å². The lowest BCUT2D eigenvalue weighted by molar-refractivity contribution is 0.172. The van der Waals surface area contributed by atoms with Crippen molar-refractivity contribution in [3.63, 3.8) is 0 Å². The molecule has 0 fully saturated rings. The molecule has 1 heterocycles. The number of carbonyl (C=O) groups excluding carboxylic acids is 1. The second-order valence-corrected chi connectivity index (χ2v) is 6.82. The molecule has 0 saturated heterocycles. The Morgan fingerprint density at radius 3 is 2.46 bits per heavy atom. The summed E-state index contributed by atoms with van der Waals surface area (Å²) in [7, 11) is 3.18. The van der Waals surface area contributed by atoms with Gasteiger partial charge in [0.05, 0.1) is 0 Å². The van der Waals surface area contributed by atoms with Gasteiger partial charge in [-0.15, -0.1) is 0 Å². The molecule has 2 aromatic carbocycles. The summed E-state index contributed by atoms with van der Waals surface area (Å²) >= 11 is 0. The van der Waals surface area contributed by atoms with Crippen molar-refractivity contribution in [3.8, 4) is 5.75 Å². The van der Waals surface area contributed by atoms with E-state index in [0.717, 1.165) is 22.9 Å². The van der Waals surface area contributed by atoms with Crippen LogP contribution >= 0.6 is 0 Å². The maximum atomic E-state index is 13.2. The van der Waals surface area contributed by atoms with Crippen LogP contribution in [-0.4, -0.2) is 25.1 Å². The number of nitrogens with zero attached hydrogens (tertiary/aromatic N) is 1. The van der Waals surface area contributed by atoms with E-state index < -0.39 is 11.7 Å². The molecule has 3 aromatic rings. The molecule has 28 heavy (non-hydrogen) atoms. The highest BCUT2D eigenvalue weighted by molar-refractivity contribution is 5.83. The monoisotopic (exact) mass is 383 g/mol. The number of ether oxygens (including phenoxy) is 1. The molecule has 146 valence electrons. The summed E-state index contributed by atoms with van der Waals surface area (Å²) < 4.78 is 23.9. The summed E-state index contributed by atoms with van der Waals surface area (Å²) in [4.78, 5) is 25.7. The number of aryl methyl sites for hydroxylation is 1. The smallest absolute Gasteiger partial charge is 0.414 e. The van der Waals surface area contributed by atoms with Gasteiger partial charge in [-0.25, -0.2) is 14.0 Å². The van der Waals surface area contributed by atoms with E-state index in [-0.39, 0.29) is 5.82 Å². The van der Waals surface area contributed by atoms with E-state index >= 15 is 0 Å². The third-order valence-electron chi connectivity index (χ3n) is 4.46. The molecule has 6 heteroatoms. The average molecular weight is 383 g/mol. The molecule has 1 amide bonds. The van der Waals surface area contributed by atoms with Gasteiger partial charge in [-0.05, 0) is 41.8 Å². The largest absolute Gasteiger partial charge is 0.422 e. The van der Waals surface area contributed by atoms with Crippen molar-refractivity contribution in [1.82, 2.24) is 4.90 Å². The van der Waals surface area contributed by atoms with Crippen LogP contribution in [0.3, 0.4) is 0 Å². The SMILES string of the molecule is CCCc1c(Cc2ccc(F)cc2)c(=O)oc2cc(OC(=O)N(C)C)ccc12. The fourth-order valence-electron chi connectivity index (χ4n) is 3.06. The molecule has 0 unspecified atom stereocenters. The molecule has 0 radical (unpaired) electrons. The zero-order chi connectivity index (χ0) is 20.3. The Morgan fingerprint density at radius 2 is 1.82 bits per heavy atom. The number of hydrogen-bond donors (Lipinski definition) is 0. The van der Waals surface area contributed by atoms with Crippen LogP contribution in [0.4, 0.5) is 9.18 Å². The molecule has 0 aliphatic heterocycles. The first kappa shape index (κ1) is 19.6. The van der Waals surface area contributed by atoms with E-state index in [0.29, 0.717) is 29.7 Å². The zero-order valence-corrected chi connectivity index (χ0v) is 16.1. The number of rotatable bonds is 5. The van der Waals surface area contributed by atoms with Crippen molar-refractivity contribution in [2.24, 2.45) is 0 Å². The lowest BCUT2D eigenvalue weighted by Gasteiger charge is -2.13. The maximum Gasteiger partial charge on any atom is 0.414 e. The van der Waals surface area contributed by atoms with Crippen molar-refractivity contribution >= 4 is 17.1 Å². The fraction of sp³-hybridized carbons (Fsp3) is 0.273. The standard InChI is InChI=1S/C22H22FNO4/c1-4-5-17-18-11-10-16(27-22(26)24(2)3)13-20(18)28-21(25)19(17)12-14-6-8-15(23)9-7-14/h6-11,13H,4-5,12H2,1-3H3. The van der Waals surface area contributed by atoms with Gasteiger partial charge in [-0.3, -0.25) is 0 Å². The Morgan fingerprint density at radius 1 is 1.11 bits per heavy atom. The normalized spacial score (nSPS) is 10.9. The predicted octanol–water partition coefficient (Wildman–Crippen LogP) is 4.54. The van der Waals surface area contributed by atoms with Crippen molar-refractivity contribution in [2.75, 3.05) is 14.1 Å². The zero-order valence-electron chi connectivity index (χ0n) is 16.1. The van der Waals surface area contributed by atoms with Crippen molar-refractivity contribution < 1.29 is 18.3 Å². The van der Waals surface area contributed by atoms with Crippen LogP contribution in [0.5, 0.6) is 5.75 Å². The number of hydrogen-bond acceptors (Lipinski definition) is 4. The fourth-order valence-corrected chi connectivity index (χ4v) is 3.06. The molecule has 0 bridgehead atoms. The van der Waals surface area contributed by atoms with Gasteiger partial charge in [0.25, 0.3) is 0 Å². The number of fused-ring (bicyclic) bond motifs is 1. The predicted molar refractivity (Wildman–Crippen MR) is 105 cm³/mol. The van der Waals surface area contributed by atoms with Crippen LogP contribution in [0.2, 0.25) is 0 Å². The second-order valence-electron chi connectivity index (χ2n) is 6.82. The summed E-state index contributed by atoms with van der Waals surface area (Å²) in [5.74, 6) is -0.00837. The van der Waals surface area contributed by atoms with Crippen LogP contribution in [0.25, 0.3) is 11.0 Å². The third kappa shape index (κ3) is 4.22. The van der Waals surface area contributed by atoms with Gasteiger partial charge in [0.15, 0.2) is 0 Å². The van der Waals surface area contributed by atoms with Gasteiger partial charge in [-0.1, -0.05) is 25.5 Å². The lowest BCUT2D eigenvalue weighted by Crippen LogP contribution is -2.25. The highest BCUT2D eigenvalue weighted by Crippen LogP contribution is 2.27. The van der Waals surface area contributed by atoms with Crippen LogP contribution in [0, 0.1) is 5.82 Å².